The van der Waals surface area contributed by atoms with Gasteiger partial charge in [0.1, 0.15) is 0 Å². The number of rotatable bonds is 4. The van der Waals surface area contributed by atoms with E-state index in [0.29, 0.717) is 25.1 Å². The third-order valence-electron chi connectivity index (χ3n) is 4.53. The number of nitrogens with zero attached hydrogens (tertiary/aromatic N) is 1. The number of sulfone groups is 1. The van der Waals surface area contributed by atoms with Crippen molar-refractivity contribution in [1.29, 1.82) is 0 Å². The van der Waals surface area contributed by atoms with E-state index < -0.39 is 15.8 Å². The zero-order valence-corrected chi connectivity index (χ0v) is 15.1. The molecule has 2 aromatic rings. The fraction of sp³-hybridized carbons (Fsp3) is 0.263. The Morgan fingerprint density at radius 2 is 1.85 bits per heavy atom. The van der Waals surface area contributed by atoms with Crippen LogP contribution < -0.4 is 0 Å². The fourth-order valence-electron chi connectivity index (χ4n) is 3.19. The third-order valence-corrected chi connectivity index (χ3v) is 5.73. The standard InChI is InChI=1S/C19H19NO5S/c1-26(24,25)17-5-3-2-4-14(17)11-18(21)20-9-8-13-6-7-15(19(22)23)10-16(13)12-20/h2-7,10H,8-9,11-12H2,1H3,(H,22,23). The topological polar surface area (TPSA) is 91.8 Å². The fourth-order valence-corrected chi connectivity index (χ4v) is 4.13. The van der Waals surface area contributed by atoms with Crippen LogP contribution in [0.25, 0.3) is 0 Å². The largest absolute Gasteiger partial charge is 0.478 e. The second-order valence-corrected chi connectivity index (χ2v) is 8.39. The Kier molecular flexibility index (Phi) is 4.82. The predicted molar refractivity (Wildman–Crippen MR) is 95.8 cm³/mol. The average Bonchev–Trinajstić information content (AvgIpc) is 2.60. The lowest BCUT2D eigenvalue weighted by Crippen LogP contribution is -2.37. The summed E-state index contributed by atoms with van der Waals surface area (Å²) in [5, 5.41) is 9.13. The second kappa shape index (κ2) is 6.92. The van der Waals surface area contributed by atoms with Crippen molar-refractivity contribution in [1.82, 2.24) is 4.90 Å². The molecule has 2 aromatic carbocycles. The first-order chi connectivity index (χ1) is 12.3. The lowest BCUT2D eigenvalue weighted by Gasteiger charge is -2.29. The van der Waals surface area contributed by atoms with Gasteiger partial charge in [0, 0.05) is 19.3 Å². The number of carbonyl (C=O) groups excluding carboxylic acids is 1. The molecule has 1 amide bonds. The Labute approximate surface area is 152 Å². The maximum atomic E-state index is 12.7. The van der Waals surface area contributed by atoms with Gasteiger partial charge in [0.25, 0.3) is 0 Å². The molecule has 7 heteroatoms. The monoisotopic (exact) mass is 373 g/mol. The zero-order chi connectivity index (χ0) is 18.9. The van der Waals surface area contributed by atoms with Gasteiger partial charge in [0.15, 0.2) is 9.84 Å². The highest BCUT2D eigenvalue weighted by molar-refractivity contribution is 7.90. The first-order valence-electron chi connectivity index (χ1n) is 8.16. The van der Waals surface area contributed by atoms with Gasteiger partial charge in [0.05, 0.1) is 16.9 Å². The number of carboxylic acids is 1. The smallest absolute Gasteiger partial charge is 0.335 e. The summed E-state index contributed by atoms with van der Waals surface area (Å²) in [5.74, 6) is -1.18. The summed E-state index contributed by atoms with van der Waals surface area (Å²) < 4.78 is 23.8. The van der Waals surface area contributed by atoms with Crippen molar-refractivity contribution in [2.24, 2.45) is 0 Å². The number of aromatic carboxylic acids is 1. The van der Waals surface area contributed by atoms with Gasteiger partial charge in [-0.3, -0.25) is 4.79 Å². The minimum absolute atomic E-state index is 0.00278. The van der Waals surface area contributed by atoms with Crippen LogP contribution >= 0.6 is 0 Å². The molecular formula is C19H19NO5S. The number of amides is 1. The van der Waals surface area contributed by atoms with Gasteiger partial charge in [-0.25, -0.2) is 13.2 Å². The summed E-state index contributed by atoms with van der Waals surface area (Å²) in [6.45, 7) is 0.857. The molecule has 26 heavy (non-hydrogen) atoms. The van der Waals surface area contributed by atoms with Crippen molar-refractivity contribution in [3.8, 4) is 0 Å². The average molecular weight is 373 g/mol. The summed E-state index contributed by atoms with van der Waals surface area (Å²) in [5.41, 5.74) is 2.53. The Balaban J connectivity index is 1.81. The molecule has 0 unspecified atom stereocenters. The van der Waals surface area contributed by atoms with Crippen molar-refractivity contribution in [3.05, 3.63) is 64.7 Å². The lowest BCUT2D eigenvalue weighted by atomic mass is 9.97. The molecule has 0 fully saturated rings. The minimum Gasteiger partial charge on any atom is -0.478 e. The number of benzene rings is 2. The van der Waals surface area contributed by atoms with Crippen molar-refractivity contribution in [2.45, 2.75) is 24.3 Å². The molecule has 0 aromatic heterocycles. The van der Waals surface area contributed by atoms with Gasteiger partial charge in [-0.05, 0) is 41.3 Å². The molecule has 3 rings (SSSR count). The quantitative estimate of drug-likeness (QED) is 0.884. The molecule has 1 heterocycles. The van der Waals surface area contributed by atoms with E-state index in [9.17, 15) is 18.0 Å². The van der Waals surface area contributed by atoms with Gasteiger partial charge in [-0.1, -0.05) is 24.3 Å². The SMILES string of the molecule is CS(=O)(=O)c1ccccc1CC(=O)N1CCc2ccc(C(=O)O)cc2C1. The molecule has 1 aliphatic rings. The molecule has 0 saturated carbocycles. The van der Waals surface area contributed by atoms with E-state index in [1.54, 1.807) is 41.3 Å². The van der Waals surface area contributed by atoms with E-state index in [2.05, 4.69) is 0 Å². The number of carbonyl (C=O) groups is 2. The van der Waals surface area contributed by atoms with Gasteiger partial charge in [-0.15, -0.1) is 0 Å². The van der Waals surface area contributed by atoms with Gasteiger partial charge < -0.3 is 10.0 Å². The van der Waals surface area contributed by atoms with Crippen molar-refractivity contribution in [2.75, 3.05) is 12.8 Å². The van der Waals surface area contributed by atoms with Crippen LogP contribution in [0.4, 0.5) is 0 Å². The molecule has 1 aliphatic heterocycles. The van der Waals surface area contributed by atoms with Crippen molar-refractivity contribution < 1.29 is 23.1 Å². The maximum absolute atomic E-state index is 12.7. The number of hydrogen-bond donors (Lipinski definition) is 1. The Morgan fingerprint density at radius 3 is 2.54 bits per heavy atom. The Bertz CT molecular complexity index is 981. The molecule has 0 radical (unpaired) electrons. The van der Waals surface area contributed by atoms with Crippen LogP contribution in [0.5, 0.6) is 0 Å². The number of fused-ring (bicyclic) bond motifs is 1. The molecule has 6 nitrogen and oxygen atoms in total. The third kappa shape index (κ3) is 3.77. The van der Waals surface area contributed by atoms with E-state index >= 15 is 0 Å². The first-order valence-corrected chi connectivity index (χ1v) is 10.1. The van der Waals surface area contributed by atoms with Crippen LogP contribution in [0.15, 0.2) is 47.4 Å². The van der Waals surface area contributed by atoms with Crippen LogP contribution in [-0.4, -0.2) is 43.1 Å². The summed E-state index contributed by atoms with van der Waals surface area (Å²) in [6.07, 6.45) is 1.77. The van der Waals surface area contributed by atoms with Crippen molar-refractivity contribution in [3.63, 3.8) is 0 Å². The Hall–Kier alpha value is -2.67. The molecule has 0 spiro atoms. The predicted octanol–water partition coefficient (Wildman–Crippen LogP) is 1.92. The maximum Gasteiger partial charge on any atom is 0.335 e. The highest BCUT2D eigenvalue weighted by atomic mass is 32.2. The van der Waals surface area contributed by atoms with Crippen molar-refractivity contribution >= 4 is 21.7 Å². The van der Waals surface area contributed by atoms with E-state index in [0.717, 1.165) is 17.4 Å². The molecular weight excluding hydrogens is 354 g/mol. The van der Waals surface area contributed by atoms with Gasteiger partial charge in [0.2, 0.25) is 5.91 Å². The summed E-state index contributed by atoms with van der Waals surface area (Å²) in [6, 6.07) is 11.5. The minimum atomic E-state index is -3.41. The normalized spacial score (nSPS) is 14.0. The molecule has 136 valence electrons. The second-order valence-electron chi connectivity index (χ2n) is 6.41. The molecule has 0 bridgehead atoms. The van der Waals surface area contributed by atoms with E-state index in [1.165, 1.54) is 6.07 Å². The number of carboxylic acid groups (broad SMARTS) is 1. The van der Waals surface area contributed by atoms with Crippen LogP contribution in [0.2, 0.25) is 0 Å². The highest BCUT2D eigenvalue weighted by Crippen LogP contribution is 2.22. The van der Waals surface area contributed by atoms with Crippen LogP contribution in [0, 0.1) is 0 Å². The van der Waals surface area contributed by atoms with Crippen LogP contribution in [0.3, 0.4) is 0 Å². The van der Waals surface area contributed by atoms with Gasteiger partial charge in [-0.2, -0.15) is 0 Å². The van der Waals surface area contributed by atoms with Gasteiger partial charge >= 0.3 is 5.97 Å². The lowest BCUT2D eigenvalue weighted by molar-refractivity contribution is -0.131. The summed E-state index contributed by atoms with van der Waals surface area (Å²) in [7, 11) is -3.41. The number of hydrogen-bond acceptors (Lipinski definition) is 4. The molecule has 1 N–H and O–H groups in total. The van der Waals surface area contributed by atoms with E-state index in [4.69, 9.17) is 5.11 Å². The highest BCUT2D eigenvalue weighted by Gasteiger charge is 2.23. The van der Waals surface area contributed by atoms with Crippen LogP contribution in [-0.2, 0) is 34.0 Å². The van der Waals surface area contributed by atoms with E-state index in [1.807, 2.05) is 0 Å². The molecule has 0 aliphatic carbocycles. The first kappa shape index (κ1) is 18.1. The van der Waals surface area contributed by atoms with Crippen LogP contribution in [0.1, 0.15) is 27.0 Å². The Morgan fingerprint density at radius 1 is 1.12 bits per heavy atom. The van der Waals surface area contributed by atoms with E-state index in [-0.39, 0.29) is 22.8 Å². The summed E-state index contributed by atoms with van der Waals surface area (Å²) in [4.78, 5) is 25.6. The molecule has 0 atom stereocenters. The molecule has 0 saturated heterocycles. The zero-order valence-electron chi connectivity index (χ0n) is 14.3. The summed E-state index contributed by atoms with van der Waals surface area (Å²) >= 11 is 0.